The van der Waals surface area contributed by atoms with E-state index in [2.05, 4.69) is 0 Å². The van der Waals surface area contributed by atoms with E-state index in [0.29, 0.717) is 24.7 Å². The number of ether oxygens (including phenoxy) is 1. The summed E-state index contributed by atoms with van der Waals surface area (Å²) in [6, 6.07) is 7.02. The van der Waals surface area contributed by atoms with Gasteiger partial charge in [-0.05, 0) is 52.0 Å². The van der Waals surface area contributed by atoms with E-state index in [-0.39, 0.29) is 18.1 Å². The summed E-state index contributed by atoms with van der Waals surface area (Å²) in [6.07, 6.45) is -0.415. The van der Waals surface area contributed by atoms with Crippen molar-refractivity contribution < 1.29 is 17.9 Å². The SMILES string of the molecule is CCn1c(S(=O)(=O)N2CCN(C(=O)OC(C)(C)C)CC2)cc2cc(Cl)ccc21. The Morgan fingerprint density at radius 3 is 2.36 bits per heavy atom. The number of fused-ring (bicyclic) bond motifs is 1. The van der Waals surface area contributed by atoms with E-state index in [1.807, 2.05) is 13.0 Å². The molecule has 0 atom stereocenters. The first-order chi connectivity index (χ1) is 13.0. The van der Waals surface area contributed by atoms with Crippen LogP contribution in [-0.4, -0.2) is 60.1 Å². The standard InChI is InChI=1S/C19H26ClN3O4S/c1-5-23-16-7-6-15(20)12-14(16)13-17(23)28(25,26)22-10-8-21(9-11-22)18(24)27-19(2,3)4/h6-7,12-13H,5,8-11H2,1-4H3. The van der Waals surface area contributed by atoms with Gasteiger partial charge in [0, 0.05) is 48.6 Å². The third-order valence-electron chi connectivity index (χ3n) is 4.64. The molecule has 1 fully saturated rings. The Morgan fingerprint density at radius 2 is 1.79 bits per heavy atom. The van der Waals surface area contributed by atoms with Gasteiger partial charge in [0.05, 0.1) is 0 Å². The minimum atomic E-state index is -3.69. The van der Waals surface area contributed by atoms with Crippen LogP contribution in [0, 0.1) is 0 Å². The molecule has 7 nitrogen and oxygen atoms in total. The highest BCUT2D eigenvalue weighted by Crippen LogP contribution is 2.28. The number of aromatic nitrogens is 1. The van der Waals surface area contributed by atoms with Crippen LogP contribution in [-0.2, 0) is 21.3 Å². The lowest BCUT2D eigenvalue weighted by Gasteiger charge is -2.35. The molecule has 1 amide bonds. The minimum absolute atomic E-state index is 0.230. The van der Waals surface area contributed by atoms with Crippen LogP contribution < -0.4 is 0 Å². The number of hydrogen-bond acceptors (Lipinski definition) is 4. The molecular weight excluding hydrogens is 402 g/mol. The van der Waals surface area contributed by atoms with Gasteiger partial charge >= 0.3 is 6.09 Å². The molecule has 0 N–H and O–H groups in total. The van der Waals surface area contributed by atoms with Crippen molar-refractivity contribution in [3.8, 4) is 0 Å². The van der Waals surface area contributed by atoms with Gasteiger partial charge in [-0.3, -0.25) is 0 Å². The molecule has 1 aliphatic heterocycles. The minimum Gasteiger partial charge on any atom is -0.444 e. The molecule has 1 aromatic heterocycles. The zero-order valence-corrected chi connectivity index (χ0v) is 18.2. The van der Waals surface area contributed by atoms with Gasteiger partial charge in [0.15, 0.2) is 5.03 Å². The highest BCUT2D eigenvalue weighted by Gasteiger charge is 2.33. The van der Waals surface area contributed by atoms with Crippen molar-refractivity contribution in [2.45, 2.75) is 44.9 Å². The van der Waals surface area contributed by atoms with Crippen LogP contribution in [0.25, 0.3) is 10.9 Å². The molecule has 0 spiro atoms. The van der Waals surface area contributed by atoms with Crippen molar-refractivity contribution in [3.63, 3.8) is 0 Å². The number of carbonyl (C=O) groups is 1. The van der Waals surface area contributed by atoms with Crippen LogP contribution in [0.3, 0.4) is 0 Å². The lowest BCUT2D eigenvalue weighted by atomic mass is 10.2. The zero-order valence-electron chi connectivity index (χ0n) is 16.6. The number of nitrogens with zero attached hydrogens (tertiary/aromatic N) is 3. The van der Waals surface area contributed by atoms with Gasteiger partial charge in [0.2, 0.25) is 0 Å². The second-order valence-corrected chi connectivity index (χ2v) is 10.1. The van der Waals surface area contributed by atoms with E-state index in [1.165, 1.54) is 4.31 Å². The summed E-state index contributed by atoms with van der Waals surface area (Å²) in [7, 11) is -3.69. The van der Waals surface area contributed by atoms with Crippen LogP contribution in [0.1, 0.15) is 27.7 Å². The van der Waals surface area contributed by atoms with Crippen LogP contribution >= 0.6 is 11.6 Å². The molecule has 3 rings (SSSR count). The van der Waals surface area contributed by atoms with Gasteiger partial charge < -0.3 is 14.2 Å². The summed E-state index contributed by atoms with van der Waals surface area (Å²) < 4.78 is 35.1. The molecule has 154 valence electrons. The topological polar surface area (TPSA) is 71.9 Å². The normalized spacial score (nSPS) is 16.5. The van der Waals surface area contributed by atoms with E-state index in [1.54, 1.807) is 48.4 Å². The number of hydrogen-bond donors (Lipinski definition) is 0. The number of benzene rings is 1. The van der Waals surface area contributed by atoms with Gasteiger partial charge in [-0.1, -0.05) is 11.6 Å². The summed E-state index contributed by atoms with van der Waals surface area (Å²) in [5, 5.41) is 1.61. The molecule has 9 heteroatoms. The number of aryl methyl sites for hydroxylation is 1. The first kappa shape index (κ1) is 21.0. The van der Waals surface area contributed by atoms with E-state index in [4.69, 9.17) is 16.3 Å². The number of piperazine rings is 1. The summed E-state index contributed by atoms with van der Waals surface area (Å²) in [5.74, 6) is 0. The zero-order chi connectivity index (χ0) is 20.7. The maximum absolute atomic E-state index is 13.3. The van der Waals surface area contributed by atoms with Crippen LogP contribution in [0.4, 0.5) is 4.79 Å². The average Bonchev–Trinajstić information content (AvgIpc) is 2.98. The predicted molar refractivity (Wildman–Crippen MR) is 109 cm³/mol. The number of sulfonamides is 1. The van der Waals surface area contributed by atoms with Crippen LogP contribution in [0.15, 0.2) is 29.3 Å². The molecule has 0 radical (unpaired) electrons. The smallest absolute Gasteiger partial charge is 0.410 e. The monoisotopic (exact) mass is 427 g/mol. The van der Waals surface area contributed by atoms with Crippen LogP contribution in [0.5, 0.6) is 0 Å². The fourth-order valence-corrected chi connectivity index (χ4v) is 5.20. The third kappa shape index (κ3) is 4.14. The first-order valence-electron chi connectivity index (χ1n) is 9.30. The predicted octanol–water partition coefficient (Wildman–Crippen LogP) is 3.56. The molecule has 2 heterocycles. The van der Waals surface area contributed by atoms with Crippen molar-refractivity contribution in [1.29, 1.82) is 0 Å². The fourth-order valence-electron chi connectivity index (χ4n) is 3.33. The maximum Gasteiger partial charge on any atom is 0.410 e. The largest absolute Gasteiger partial charge is 0.444 e. The Balaban J connectivity index is 1.81. The van der Waals surface area contributed by atoms with Gasteiger partial charge in [-0.2, -0.15) is 4.31 Å². The molecule has 1 aliphatic rings. The van der Waals surface area contributed by atoms with Gasteiger partial charge in [0.25, 0.3) is 10.0 Å². The van der Waals surface area contributed by atoms with Crippen molar-refractivity contribution in [3.05, 3.63) is 29.3 Å². The maximum atomic E-state index is 13.3. The van der Waals surface area contributed by atoms with Crippen molar-refractivity contribution in [2.24, 2.45) is 0 Å². The van der Waals surface area contributed by atoms with E-state index < -0.39 is 21.7 Å². The molecule has 0 saturated carbocycles. The van der Waals surface area contributed by atoms with Crippen molar-refractivity contribution >= 4 is 38.6 Å². The molecule has 1 saturated heterocycles. The van der Waals surface area contributed by atoms with Gasteiger partial charge in [0.1, 0.15) is 5.60 Å². The third-order valence-corrected chi connectivity index (χ3v) is 6.78. The molecule has 0 unspecified atom stereocenters. The number of amides is 1. The van der Waals surface area contributed by atoms with Crippen molar-refractivity contribution in [2.75, 3.05) is 26.2 Å². The Bertz CT molecular complexity index is 987. The lowest BCUT2D eigenvalue weighted by Crippen LogP contribution is -2.51. The van der Waals surface area contributed by atoms with E-state index in [0.717, 1.165) is 10.9 Å². The first-order valence-corrected chi connectivity index (χ1v) is 11.1. The number of rotatable bonds is 3. The second-order valence-electron chi connectivity index (χ2n) is 7.80. The summed E-state index contributed by atoms with van der Waals surface area (Å²) in [4.78, 5) is 13.8. The average molecular weight is 428 g/mol. The lowest BCUT2D eigenvalue weighted by molar-refractivity contribution is 0.0192. The molecule has 0 aliphatic carbocycles. The molecule has 0 bridgehead atoms. The summed E-state index contributed by atoms with van der Waals surface area (Å²) in [5.41, 5.74) is 0.252. The summed E-state index contributed by atoms with van der Waals surface area (Å²) in [6.45, 7) is 8.91. The molecule has 2 aromatic rings. The number of carbonyl (C=O) groups excluding carboxylic acids is 1. The Labute approximate surface area is 170 Å². The van der Waals surface area contributed by atoms with Crippen molar-refractivity contribution in [1.82, 2.24) is 13.8 Å². The highest BCUT2D eigenvalue weighted by atomic mass is 35.5. The van der Waals surface area contributed by atoms with Crippen LogP contribution in [0.2, 0.25) is 5.02 Å². The van der Waals surface area contributed by atoms with E-state index in [9.17, 15) is 13.2 Å². The number of halogens is 1. The van der Waals surface area contributed by atoms with Gasteiger partial charge in [-0.25, -0.2) is 13.2 Å². The summed E-state index contributed by atoms with van der Waals surface area (Å²) >= 11 is 6.06. The fraction of sp³-hybridized carbons (Fsp3) is 0.526. The quantitative estimate of drug-likeness (QED) is 0.750. The van der Waals surface area contributed by atoms with E-state index >= 15 is 0 Å². The Hall–Kier alpha value is -1.77. The Morgan fingerprint density at radius 1 is 1.14 bits per heavy atom. The molecular formula is C19H26ClN3O4S. The molecule has 1 aromatic carbocycles. The Kier molecular flexibility index (Phi) is 5.67. The molecule has 28 heavy (non-hydrogen) atoms. The highest BCUT2D eigenvalue weighted by molar-refractivity contribution is 7.89. The van der Waals surface area contributed by atoms with Gasteiger partial charge in [-0.15, -0.1) is 0 Å². The second kappa shape index (κ2) is 7.57.